The number of carbonyl (C=O) groups excluding carboxylic acids is 1. The van der Waals surface area contributed by atoms with Crippen LogP contribution in [0.4, 0.5) is 4.39 Å². The van der Waals surface area contributed by atoms with Crippen LogP contribution < -0.4 is 15.4 Å². The van der Waals surface area contributed by atoms with Gasteiger partial charge in [-0.25, -0.2) is 9.38 Å². The number of hydrogen-bond donors (Lipinski definition) is 2. The molecule has 0 spiro atoms. The van der Waals surface area contributed by atoms with Gasteiger partial charge in [0.2, 0.25) is 5.91 Å². The first-order chi connectivity index (χ1) is 14.0. The van der Waals surface area contributed by atoms with Crippen molar-refractivity contribution < 1.29 is 13.9 Å². The van der Waals surface area contributed by atoms with E-state index >= 15 is 0 Å². The van der Waals surface area contributed by atoms with Crippen LogP contribution in [0.2, 0.25) is 0 Å². The number of nitrogens with one attached hydrogen (secondary N) is 2. The highest BCUT2D eigenvalue weighted by molar-refractivity contribution is 14.0. The van der Waals surface area contributed by atoms with E-state index in [-0.39, 0.29) is 41.8 Å². The molecule has 1 aromatic rings. The monoisotopic (exact) mass is 533 g/mol. The van der Waals surface area contributed by atoms with E-state index in [1.54, 1.807) is 12.1 Å². The average Bonchev–Trinajstić information content (AvgIpc) is 3.51. The second-order valence-electron chi connectivity index (χ2n) is 7.68. The molecule has 2 fully saturated rings. The minimum absolute atomic E-state index is 0. The van der Waals surface area contributed by atoms with Crippen LogP contribution in [0.1, 0.15) is 26.7 Å². The van der Waals surface area contributed by atoms with E-state index in [0.717, 1.165) is 51.5 Å². The number of ether oxygens (including phenoxy) is 1. The van der Waals surface area contributed by atoms with Gasteiger partial charge in [0.1, 0.15) is 17.7 Å². The molecule has 1 heterocycles. The Kier molecular flexibility index (Phi) is 10.1. The SMILES string of the molecule is CCNC(=NCC(C)Oc1ccc(F)cc1)N1CCN(CC(=O)NC2CC2)CC1.I. The third-order valence-electron chi connectivity index (χ3n) is 4.97. The summed E-state index contributed by atoms with van der Waals surface area (Å²) >= 11 is 0. The number of guanidine groups is 1. The zero-order chi connectivity index (χ0) is 20.6. The number of hydrogen-bond acceptors (Lipinski definition) is 4. The highest BCUT2D eigenvalue weighted by atomic mass is 127. The van der Waals surface area contributed by atoms with Crippen LogP contribution in [0.5, 0.6) is 5.75 Å². The largest absolute Gasteiger partial charge is 0.489 e. The third-order valence-corrected chi connectivity index (χ3v) is 4.97. The van der Waals surface area contributed by atoms with Gasteiger partial charge in [0, 0.05) is 38.8 Å². The van der Waals surface area contributed by atoms with Crippen molar-refractivity contribution in [2.75, 3.05) is 45.8 Å². The third kappa shape index (κ3) is 8.25. The molecule has 1 aliphatic heterocycles. The fraction of sp³-hybridized carbons (Fsp3) is 0.619. The van der Waals surface area contributed by atoms with E-state index < -0.39 is 0 Å². The zero-order valence-corrected chi connectivity index (χ0v) is 20.1. The molecular formula is C21H33FIN5O2. The molecular weight excluding hydrogens is 500 g/mol. The number of piperazine rings is 1. The molecule has 0 bridgehead atoms. The lowest BCUT2D eigenvalue weighted by Gasteiger charge is -2.36. The normalized spacial score (nSPS) is 18.4. The summed E-state index contributed by atoms with van der Waals surface area (Å²) < 4.78 is 18.8. The van der Waals surface area contributed by atoms with Crippen LogP contribution in [-0.2, 0) is 4.79 Å². The van der Waals surface area contributed by atoms with Crippen molar-refractivity contribution in [3.8, 4) is 5.75 Å². The van der Waals surface area contributed by atoms with Crippen LogP contribution >= 0.6 is 24.0 Å². The zero-order valence-electron chi connectivity index (χ0n) is 17.8. The van der Waals surface area contributed by atoms with Gasteiger partial charge < -0.3 is 20.3 Å². The molecule has 1 aliphatic carbocycles. The van der Waals surface area contributed by atoms with E-state index in [0.29, 0.717) is 24.9 Å². The molecule has 1 aromatic carbocycles. The smallest absolute Gasteiger partial charge is 0.234 e. The van der Waals surface area contributed by atoms with Gasteiger partial charge in [-0.15, -0.1) is 24.0 Å². The van der Waals surface area contributed by atoms with Crippen LogP contribution in [0.25, 0.3) is 0 Å². The molecule has 3 rings (SSSR count). The van der Waals surface area contributed by atoms with Gasteiger partial charge in [0.15, 0.2) is 5.96 Å². The number of benzene rings is 1. The van der Waals surface area contributed by atoms with Crippen LogP contribution in [0.3, 0.4) is 0 Å². The van der Waals surface area contributed by atoms with Crippen molar-refractivity contribution in [3.63, 3.8) is 0 Å². The molecule has 30 heavy (non-hydrogen) atoms. The van der Waals surface area contributed by atoms with E-state index in [9.17, 15) is 9.18 Å². The van der Waals surface area contributed by atoms with Crippen molar-refractivity contribution in [2.24, 2.45) is 4.99 Å². The Hall–Kier alpha value is -1.62. The Morgan fingerprint density at radius 1 is 1.23 bits per heavy atom. The van der Waals surface area contributed by atoms with Gasteiger partial charge >= 0.3 is 0 Å². The minimum Gasteiger partial charge on any atom is -0.489 e. The molecule has 1 saturated heterocycles. The quantitative estimate of drug-likeness (QED) is 0.305. The lowest BCUT2D eigenvalue weighted by Crippen LogP contribution is -2.54. The Morgan fingerprint density at radius 2 is 1.90 bits per heavy atom. The molecule has 2 aliphatic rings. The number of amides is 1. The fourth-order valence-corrected chi connectivity index (χ4v) is 3.25. The van der Waals surface area contributed by atoms with Gasteiger partial charge in [-0.2, -0.15) is 0 Å². The topological polar surface area (TPSA) is 69.2 Å². The maximum absolute atomic E-state index is 13.0. The molecule has 0 aromatic heterocycles. The molecule has 1 amide bonds. The van der Waals surface area contributed by atoms with E-state index in [1.807, 2.05) is 13.8 Å². The Balaban J connectivity index is 0.00000320. The maximum atomic E-state index is 13.0. The highest BCUT2D eigenvalue weighted by Crippen LogP contribution is 2.18. The predicted molar refractivity (Wildman–Crippen MR) is 127 cm³/mol. The summed E-state index contributed by atoms with van der Waals surface area (Å²) in [4.78, 5) is 21.1. The molecule has 9 heteroatoms. The lowest BCUT2D eigenvalue weighted by atomic mass is 10.3. The lowest BCUT2D eigenvalue weighted by molar-refractivity contribution is -0.122. The summed E-state index contributed by atoms with van der Waals surface area (Å²) in [5.74, 6) is 1.36. The molecule has 168 valence electrons. The van der Waals surface area contributed by atoms with Gasteiger partial charge in [-0.3, -0.25) is 9.69 Å². The van der Waals surface area contributed by atoms with Gasteiger partial charge in [0.05, 0.1) is 13.1 Å². The summed E-state index contributed by atoms with van der Waals surface area (Å²) in [5.41, 5.74) is 0. The van der Waals surface area contributed by atoms with Crippen molar-refractivity contribution in [1.82, 2.24) is 20.4 Å². The Bertz CT molecular complexity index is 691. The van der Waals surface area contributed by atoms with Crippen molar-refractivity contribution in [2.45, 2.75) is 38.8 Å². The van der Waals surface area contributed by atoms with Gasteiger partial charge in [0.25, 0.3) is 0 Å². The number of halogens is 2. The maximum Gasteiger partial charge on any atom is 0.234 e. The molecule has 1 unspecified atom stereocenters. The molecule has 1 saturated carbocycles. The van der Waals surface area contributed by atoms with Crippen LogP contribution in [-0.4, -0.2) is 79.6 Å². The second-order valence-corrected chi connectivity index (χ2v) is 7.68. The number of nitrogens with zero attached hydrogens (tertiary/aromatic N) is 3. The first kappa shape index (κ1) is 24.6. The summed E-state index contributed by atoms with van der Waals surface area (Å²) in [6, 6.07) is 6.44. The van der Waals surface area contributed by atoms with Crippen molar-refractivity contribution >= 4 is 35.8 Å². The van der Waals surface area contributed by atoms with Crippen molar-refractivity contribution in [3.05, 3.63) is 30.1 Å². The van der Waals surface area contributed by atoms with Crippen LogP contribution in [0.15, 0.2) is 29.3 Å². The first-order valence-corrected chi connectivity index (χ1v) is 10.5. The van der Waals surface area contributed by atoms with Crippen LogP contribution in [0, 0.1) is 5.82 Å². The second kappa shape index (κ2) is 12.3. The minimum atomic E-state index is -0.276. The van der Waals surface area contributed by atoms with E-state index in [4.69, 9.17) is 9.73 Å². The van der Waals surface area contributed by atoms with Gasteiger partial charge in [-0.1, -0.05) is 0 Å². The molecule has 1 atom stereocenters. The van der Waals surface area contributed by atoms with Crippen molar-refractivity contribution in [1.29, 1.82) is 0 Å². The van der Waals surface area contributed by atoms with E-state index in [1.165, 1.54) is 12.1 Å². The van der Waals surface area contributed by atoms with Gasteiger partial charge in [-0.05, 0) is 51.0 Å². The summed E-state index contributed by atoms with van der Waals surface area (Å²) in [6.07, 6.45) is 2.11. The summed E-state index contributed by atoms with van der Waals surface area (Å²) in [7, 11) is 0. The predicted octanol–water partition coefficient (Wildman–Crippen LogP) is 2.07. The molecule has 7 nitrogen and oxygen atoms in total. The average molecular weight is 533 g/mol. The standard InChI is InChI=1S/C21H32FN5O2.HI/c1-3-23-21(24-14-16(2)29-19-8-4-17(22)5-9-19)27-12-10-26(11-13-27)15-20(28)25-18-6-7-18;/h4-5,8-9,16,18H,3,6-7,10-15H2,1-2H3,(H,23,24)(H,25,28);1H. The summed E-state index contributed by atoms with van der Waals surface area (Å²) in [6.45, 7) is 9.10. The molecule has 0 radical (unpaired) electrons. The van der Waals surface area contributed by atoms with E-state index in [2.05, 4.69) is 20.4 Å². The number of aliphatic imine (C=N–C) groups is 1. The number of rotatable bonds is 8. The first-order valence-electron chi connectivity index (χ1n) is 10.5. The highest BCUT2D eigenvalue weighted by Gasteiger charge is 2.26. The number of carbonyl (C=O) groups is 1. The fourth-order valence-electron chi connectivity index (χ4n) is 3.25. The molecule has 2 N–H and O–H groups in total. The summed E-state index contributed by atoms with van der Waals surface area (Å²) in [5, 5.41) is 6.39. The Labute approximate surface area is 195 Å². The Morgan fingerprint density at radius 3 is 2.50 bits per heavy atom.